The second kappa shape index (κ2) is 9.91. The van der Waals surface area contributed by atoms with Crippen LogP contribution in [0.4, 0.5) is 5.82 Å². The lowest BCUT2D eigenvalue weighted by molar-refractivity contribution is -0.138. The van der Waals surface area contributed by atoms with Gasteiger partial charge in [0.15, 0.2) is 0 Å². The van der Waals surface area contributed by atoms with Crippen LogP contribution in [0.3, 0.4) is 0 Å². The first kappa shape index (κ1) is 21.3. The second-order valence-corrected chi connectivity index (χ2v) is 8.39. The summed E-state index contributed by atoms with van der Waals surface area (Å²) >= 11 is 0. The van der Waals surface area contributed by atoms with Crippen LogP contribution in [0.25, 0.3) is 0 Å². The molecule has 0 spiro atoms. The molecule has 9 nitrogen and oxygen atoms in total. The molecule has 4 rings (SSSR count). The Morgan fingerprint density at radius 3 is 2.61 bits per heavy atom. The fraction of sp³-hybridized carbons (Fsp3) is 0.545. The smallest absolute Gasteiger partial charge is 0.225 e. The molecule has 1 amide bonds. The minimum atomic E-state index is 0.122. The molecule has 4 heterocycles. The van der Waals surface area contributed by atoms with Gasteiger partial charge in [0, 0.05) is 49.4 Å². The maximum Gasteiger partial charge on any atom is 0.225 e. The number of pyridine rings is 1. The largest absolute Gasteiger partial charge is 0.399 e. The highest BCUT2D eigenvalue weighted by atomic mass is 16.6. The van der Waals surface area contributed by atoms with Crippen LogP contribution in [0.2, 0.25) is 0 Å². The first-order valence-electron chi connectivity index (χ1n) is 11.0. The van der Waals surface area contributed by atoms with Crippen molar-refractivity contribution in [3.8, 4) is 0 Å². The van der Waals surface area contributed by atoms with Crippen molar-refractivity contribution in [2.24, 2.45) is 17.0 Å². The fourth-order valence-corrected chi connectivity index (χ4v) is 4.67. The summed E-state index contributed by atoms with van der Waals surface area (Å²) in [5, 5.41) is 11.1. The van der Waals surface area contributed by atoms with Gasteiger partial charge in [0.05, 0.1) is 11.9 Å². The number of aromatic amines is 1. The Bertz CT molecular complexity index is 883. The summed E-state index contributed by atoms with van der Waals surface area (Å²) in [6.45, 7) is 4.25. The van der Waals surface area contributed by atoms with Crippen molar-refractivity contribution in [3.05, 3.63) is 41.9 Å². The van der Waals surface area contributed by atoms with E-state index in [1.807, 2.05) is 23.2 Å². The average Bonchev–Trinajstić information content (AvgIpc) is 3.32. The third-order valence-corrected chi connectivity index (χ3v) is 6.37. The van der Waals surface area contributed by atoms with E-state index in [9.17, 15) is 4.79 Å². The molecule has 0 aliphatic carbocycles. The van der Waals surface area contributed by atoms with E-state index in [0.717, 1.165) is 69.7 Å². The number of oxime groups is 1. The molecule has 2 aromatic heterocycles. The third-order valence-electron chi connectivity index (χ3n) is 6.37. The summed E-state index contributed by atoms with van der Waals surface area (Å²) in [6.07, 6.45) is 8.95. The van der Waals surface area contributed by atoms with Crippen molar-refractivity contribution in [1.29, 1.82) is 0 Å². The maximum absolute atomic E-state index is 13.1. The van der Waals surface area contributed by atoms with Crippen molar-refractivity contribution < 1.29 is 9.63 Å². The molecule has 3 N–H and O–H groups in total. The summed E-state index contributed by atoms with van der Waals surface area (Å²) in [5.41, 5.74) is 8.82. The molecule has 0 unspecified atom stereocenters. The van der Waals surface area contributed by atoms with Crippen molar-refractivity contribution in [3.63, 3.8) is 0 Å². The van der Waals surface area contributed by atoms with Crippen LogP contribution in [-0.2, 0) is 16.2 Å². The van der Waals surface area contributed by atoms with E-state index in [1.54, 1.807) is 19.5 Å². The molecular weight excluding hydrogens is 394 g/mol. The molecule has 9 heteroatoms. The van der Waals surface area contributed by atoms with Crippen LogP contribution in [-0.4, -0.2) is 69.9 Å². The first-order valence-corrected chi connectivity index (χ1v) is 11.0. The molecular formula is C22H31N7O2. The van der Waals surface area contributed by atoms with Gasteiger partial charge in [0.2, 0.25) is 5.91 Å². The molecule has 0 bridgehead atoms. The number of likely N-dealkylation sites (tertiary alicyclic amines) is 2. The zero-order valence-corrected chi connectivity index (χ0v) is 18.0. The van der Waals surface area contributed by atoms with Gasteiger partial charge >= 0.3 is 0 Å². The number of anilines is 1. The van der Waals surface area contributed by atoms with Crippen molar-refractivity contribution in [2.75, 3.05) is 39.0 Å². The van der Waals surface area contributed by atoms with Crippen molar-refractivity contribution in [1.82, 2.24) is 25.0 Å². The van der Waals surface area contributed by atoms with Gasteiger partial charge < -0.3 is 15.5 Å². The van der Waals surface area contributed by atoms with Gasteiger partial charge in [-0.15, -0.1) is 0 Å². The number of carbonyl (C=O) groups excluding carboxylic acids is 1. The van der Waals surface area contributed by atoms with Gasteiger partial charge in [-0.05, 0) is 56.5 Å². The van der Waals surface area contributed by atoms with E-state index in [4.69, 9.17) is 10.6 Å². The van der Waals surface area contributed by atoms with Crippen LogP contribution in [0.1, 0.15) is 36.8 Å². The zero-order chi connectivity index (χ0) is 21.6. The number of rotatable bonds is 6. The van der Waals surface area contributed by atoms with Gasteiger partial charge in [-0.1, -0.05) is 5.16 Å². The average molecular weight is 426 g/mol. The van der Waals surface area contributed by atoms with E-state index in [-0.39, 0.29) is 11.8 Å². The molecule has 2 fully saturated rings. The highest BCUT2D eigenvalue weighted by Gasteiger charge is 2.32. The number of hydrogen-bond acceptors (Lipinski definition) is 7. The predicted octanol–water partition coefficient (Wildman–Crippen LogP) is 1.89. The standard InChI is InChI=1S/C22H31N7O2/c1-31-27-21(19-13-25-26-14-19)17-5-10-29(11-6-17)22(30)18-3-8-28(9-4-18)15-16-2-7-24-20(23)12-16/h2,7,12-14,17-18H,3-6,8-11,15H2,1H3,(H2,23,24)(H,25,26)/b27-21+. The lowest BCUT2D eigenvalue weighted by atomic mass is 9.88. The number of nitrogens with zero attached hydrogens (tertiary/aromatic N) is 5. The molecule has 2 aliphatic heterocycles. The first-order chi connectivity index (χ1) is 15.1. The van der Waals surface area contributed by atoms with Crippen molar-refractivity contribution >= 4 is 17.4 Å². The number of nitrogens with one attached hydrogen (secondary N) is 1. The second-order valence-electron chi connectivity index (χ2n) is 8.39. The van der Waals surface area contributed by atoms with Gasteiger partial charge in [-0.3, -0.25) is 14.8 Å². The summed E-state index contributed by atoms with van der Waals surface area (Å²) < 4.78 is 0. The summed E-state index contributed by atoms with van der Waals surface area (Å²) in [5.74, 6) is 1.25. The Balaban J connectivity index is 1.26. The lowest BCUT2D eigenvalue weighted by Gasteiger charge is -2.37. The number of H-pyrrole nitrogens is 1. The van der Waals surface area contributed by atoms with E-state index in [2.05, 4.69) is 25.2 Å². The molecule has 2 aliphatic rings. The van der Waals surface area contributed by atoms with Gasteiger partial charge in [0.25, 0.3) is 0 Å². The SMILES string of the molecule is CO/N=C(/c1cn[nH]c1)C1CCN(C(=O)C2CCN(Cc3ccnc(N)c3)CC2)CC1. The summed E-state index contributed by atoms with van der Waals surface area (Å²) in [6, 6.07) is 3.93. The van der Waals surface area contributed by atoms with E-state index < -0.39 is 0 Å². The Labute approximate surface area is 182 Å². The molecule has 0 aromatic carbocycles. The lowest BCUT2D eigenvalue weighted by Crippen LogP contribution is -2.46. The molecule has 31 heavy (non-hydrogen) atoms. The Hall–Kier alpha value is -2.94. The fourth-order valence-electron chi connectivity index (χ4n) is 4.67. The maximum atomic E-state index is 13.1. The predicted molar refractivity (Wildman–Crippen MR) is 118 cm³/mol. The molecule has 2 aromatic rings. The Kier molecular flexibility index (Phi) is 6.81. The van der Waals surface area contributed by atoms with E-state index in [0.29, 0.717) is 11.7 Å². The number of nitrogen functional groups attached to an aromatic ring is 1. The summed E-state index contributed by atoms with van der Waals surface area (Å²) in [4.78, 5) is 26.7. The number of carbonyl (C=O) groups is 1. The van der Waals surface area contributed by atoms with E-state index in [1.165, 1.54) is 5.56 Å². The number of nitrogens with two attached hydrogens (primary N) is 1. The quantitative estimate of drug-likeness (QED) is 0.540. The molecule has 2 saturated heterocycles. The number of piperidine rings is 2. The minimum Gasteiger partial charge on any atom is -0.399 e. The van der Waals surface area contributed by atoms with Crippen LogP contribution in [0, 0.1) is 11.8 Å². The highest BCUT2D eigenvalue weighted by molar-refractivity contribution is 6.01. The number of aromatic nitrogens is 3. The molecule has 166 valence electrons. The normalized spacial score (nSPS) is 19.5. The monoisotopic (exact) mass is 425 g/mol. The van der Waals surface area contributed by atoms with E-state index >= 15 is 0 Å². The third kappa shape index (κ3) is 5.22. The van der Waals surface area contributed by atoms with Crippen LogP contribution in [0.15, 0.2) is 35.9 Å². The zero-order valence-electron chi connectivity index (χ0n) is 18.0. The van der Waals surface area contributed by atoms with Crippen LogP contribution in [0.5, 0.6) is 0 Å². The molecule has 0 radical (unpaired) electrons. The number of hydrogen-bond donors (Lipinski definition) is 2. The number of amides is 1. The van der Waals surface area contributed by atoms with Crippen molar-refractivity contribution in [2.45, 2.75) is 32.2 Å². The van der Waals surface area contributed by atoms with Crippen LogP contribution >= 0.6 is 0 Å². The molecule has 0 atom stereocenters. The van der Waals surface area contributed by atoms with Gasteiger partial charge in [-0.25, -0.2) is 4.98 Å². The van der Waals surface area contributed by atoms with Crippen LogP contribution < -0.4 is 5.73 Å². The topological polar surface area (TPSA) is 113 Å². The Morgan fingerprint density at radius 2 is 1.97 bits per heavy atom. The molecule has 0 saturated carbocycles. The van der Waals surface area contributed by atoms with Gasteiger partial charge in [-0.2, -0.15) is 5.10 Å². The Morgan fingerprint density at radius 1 is 1.23 bits per heavy atom. The minimum absolute atomic E-state index is 0.122. The summed E-state index contributed by atoms with van der Waals surface area (Å²) in [7, 11) is 1.56. The van der Waals surface area contributed by atoms with Gasteiger partial charge in [0.1, 0.15) is 12.9 Å². The highest BCUT2D eigenvalue weighted by Crippen LogP contribution is 2.26.